The minimum atomic E-state index is -1.65. The van der Waals surface area contributed by atoms with Gasteiger partial charge in [-0.25, -0.2) is 9.59 Å². The Morgan fingerprint density at radius 2 is 0.820 bits per heavy atom. The van der Waals surface area contributed by atoms with Crippen LogP contribution in [0, 0.1) is 0 Å². The molecule has 16 heteroatoms. The van der Waals surface area contributed by atoms with E-state index in [0.29, 0.717) is 16.7 Å². The van der Waals surface area contributed by atoms with Gasteiger partial charge in [-0.2, -0.15) is 0 Å². The summed E-state index contributed by atoms with van der Waals surface area (Å²) in [6.45, 7) is 24.4. The molecule has 336 valence electrons. The Morgan fingerprint density at radius 3 is 1.21 bits per heavy atom. The zero-order valence-electron chi connectivity index (χ0n) is 38.6. The first-order chi connectivity index (χ1) is 27.5. The van der Waals surface area contributed by atoms with Crippen molar-refractivity contribution in [1.29, 1.82) is 0 Å². The molecule has 2 rings (SSSR count). The lowest BCUT2D eigenvalue weighted by molar-refractivity contribution is -0.163. The third-order valence-corrected chi connectivity index (χ3v) is 9.02. The van der Waals surface area contributed by atoms with Crippen LogP contribution in [0.3, 0.4) is 0 Å². The number of carbonyl (C=O) groups is 8. The minimum Gasteiger partial charge on any atom is -0.458 e. The first-order valence-electron chi connectivity index (χ1n) is 20.0. The normalized spacial score (nSPS) is 13.1. The highest BCUT2D eigenvalue weighted by atomic mass is 16.6. The average Bonchev–Trinajstić information content (AvgIpc) is 3.09. The van der Waals surface area contributed by atoms with Crippen molar-refractivity contribution in [2.45, 2.75) is 162 Å². The van der Waals surface area contributed by atoms with Crippen molar-refractivity contribution >= 4 is 47.4 Å². The molecule has 6 N–H and O–H groups in total. The Balaban J connectivity index is 2.18. The molecule has 0 aliphatic carbocycles. The third-order valence-electron chi connectivity index (χ3n) is 9.02. The average molecular weight is 851 g/mol. The van der Waals surface area contributed by atoms with Crippen LogP contribution in [-0.2, 0) is 44.7 Å². The predicted octanol–water partition coefficient (Wildman–Crippen LogP) is 4.17. The SMILES string of the molecule is CC(C)(C)OC(=O)N[C@@H](Cc1ccc(C(=O)c2ccccc2)cc1)C(=O)NC(C)(C)C(=O)NC(C)(C)C(=O)NC(C)(C)C(=O)NC(C)(C)C(=O)NC(C)(C)C(=O)OC(C)(C)C. The molecular formula is C45H66N6O10. The number of amides is 6. The van der Waals surface area contributed by atoms with Crippen molar-refractivity contribution in [2.75, 3.05) is 0 Å². The van der Waals surface area contributed by atoms with E-state index < -0.39 is 86.5 Å². The maximum absolute atomic E-state index is 13.8. The molecule has 0 unspecified atom stereocenters. The van der Waals surface area contributed by atoms with Crippen LogP contribution in [0.5, 0.6) is 0 Å². The number of alkyl carbamates (subject to hydrolysis) is 1. The van der Waals surface area contributed by atoms with Crippen LogP contribution in [-0.4, -0.2) is 92.3 Å². The molecular weight excluding hydrogens is 785 g/mol. The summed E-state index contributed by atoms with van der Waals surface area (Å²) in [5, 5.41) is 15.7. The summed E-state index contributed by atoms with van der Waals surface area (Å²) in [6.07, 6.45) is -0.906. The van der Waals surface area contributed by atoms with E-state index in [1.165, 1.54) is 69.2 Å². The van der Waals surface area contributed by atoms with E-state index in [-0.39, 0.29) is 12.2 Å². The van der Waals surface area contributed by atoms with Crippen molar-refractivity contribution < 1.29 is 47.8 Å². The molecule has 0 saturated heterocycles. The molecule has 0 radical (unpaired) electrons. The van der Waals surface area contributed by atoms with Crippen LogP contribution in [0.2, 0.25) is 0 Å². The molecule has 61 heavy (non-hydrogen) atoms. The van der Waals surface area contributed by atoms with Gasteiger partial charge in [-0.05, 0) is 116 Å². The number of hydrogen-bond acceptors (Lipinski definition) is 10. The van der Waals surface area contributed by atoms with Crippen LogP contribution in [0.15, 0.2) is 54.6 Å². The maximum Gasteiger partial charge on any atom is 0.408 e. The summed E-state index contributed by atoms with van der Waals surface area (Å²) in [5.74, 6) is -4.57. The Hall–Kier alpha value is -5.80. The van der Waals surface area contributed by atoms with Gasteiger partial charge in [0, 0.05) is 17.5 Å². The predicted molar refractivity (Wildman–Crippen MR) is 230 cm³/mol. The van der Waals surface area contributed by atoms with Crippen molar-refractivity contribution in [3.8, 4) is 0 Å². The number of nitrogens with one attached hydrogen (secondary N) is 6. The van der Waals surface area contributed by atoms with E-state index in [4.69, 9.17) is 9.47 Å². The van der Waals surface area contributed by atoms with E-state index >= 15 is 0 Å². The number of benzene rings is 2. The van der Waals surface area contributed by atoms with Crippen molar-refractivity contribution in [1.82, 2.24) is 31.9 Å². The molecule has 0 heterocycles. The third kappa shape index (κ3) is 15.6. The Kier molecular flexibility index (Phi) is 15.9. The van der Waals surface area contributed by atoms with Gasteiger partial charge < -0.3 is 41.4 Å². The molecule has 0 bridgehead atoms. The quantitative estimate of drug-likeness (QED) is 0.104. The molecule has 0 aliphatic heterocycles. The number of hydrogen-bond donors (Lipinski definition) is 6. The number of esters is 1. The van der Waals surface area contributed by atoms with Gasteiger partial charge in [-0.1, -0.05) is 54.6 Å². The number of ketones is 1. The zero-order valence-corrected chi connectivity index (χ0v) is 38.6. The van der Waals surface area contributed by atoms with Gasteiger partial charge in [0.15, 0.2) is 5.78 Å². The monoisotopic (exact) mass is 850 g/mol. The van der Waals surface area contributed by atoms with Crippen molar-refractivity contribution in [3.05, 3.63) is 71.3 Å². The molecule has 0 spiro atoms. The standard InChI is InChI=1S/C45H66N6O10/c1-39(2,3)60-37(58)45(15,16)51-36(57)44(13,14)50-35(56)43(11,12)49-34(55)42(9,10)48-33(54)41(7,8)47-32(53)30(46-38(59)61-40(4,5)6)26-27-22-24-29(25-23-27)31(52)28-20-18-17-19-21-28/h17-25,30H,26H2,1-16H3,(H,46,59)(H,47,53)(H,48,54)(H,49,55)(H,50,56)(H,51,57)/t30-/m0/s1. The minimum absolute atomic E-state index is 0.0341. The molecule has 1 atom stereocenters. The topological polar surface area (TPSA) is 227 Å². The van der Waals surface area contributed by atoms with Gasteiger partial charge >= 0.3 is 12.1 Å². The van der Waals surface area contributed by atoms with E-state index in [0.717, 1.165) is 0 Å². The highest BCUT2D eigenvalue weighted by Crippen LogP contribution is 2.19. The smallest absolute Gasteiger partial charge is 0.408 e. The lowest BCUT2D eigenvalue weighted by Gasteiger charge is -2.37. The summed E-state index contributed by atoms with van der Waals surface area (Å²) in [5.41, 5.74) is -8.03. The molecule has 6 amide bonds. The second kappa shape index (κ2) is 18.9. The van der Waals surface area contributed by atoms with Crippen LogP contribution < -0.4 is 31.9 Å². The summed E-state index contributed by atoms with van der Waals surface area (Å²) in [4.78, 5) is 106. The fourth-order valence-corrected chi connectivity index (χ4v) is 5.28. The lowest BCUT2D eigenvalue weighted by atomic mass is 9.94. The molecule has 2 aromatic rings. The molecule has 0 fully saturated rings. The van der Waals surface area contributed by atoms with Gasteiger partial charge in [0.25, 0.3) is 0 Å². The first-order valence-corrected chi connectivity index (χ1v) is 20.0. The molecule has 0 saturated carbocycles. The fourth-order valence-electron chi connectivity index (χ4n) is 5.28. The van der Waals surface area contributed by atoms with E-state index in [1.807, 2.05) is 6.07 Å². The van der Waals surface area contributed by atoms with Crippen molar-refractivity contribution in [2.24, 2.45) is 0 Å². The second-order valence-corrected chi connectivity index (χ2v) is 19.7. The Bertz CT molecular complexity index is 1970. The highest BCUT2D eigenvalue weighted by Gasteiger charge is 2.44. The van der Waals surface area contributed by atoms with E-state index in [1.54, 1.807) is 90.1 Å². The van der Waals surface area contributed by atoms with Gasteiger partial charge in [0.2, 0.25) is 29.5 Å². The molecule has 16 nitrogen and oxygen atoms in total. The van der Waals surface area contributed by atoms with E-state index in [2.05, 4.69) is 31.9 Å². The van der Waals surface area contributed by atoms with Crippen LogP contribution in [0.4, 0.5) is 4.79 Å². The van der Waals surface area contributed by atoms with Gasteiger partial charge in [-0.15, -0.1) is 0 Å². The van der Waals surface area contributed by atoms with Crippen LogP contribution in [0.25, 0.3) is 0 Å². The van der Waals surface area contributed by atoms with Crippen LogP contribution in [0.1, 0.15) is 132 Å². The number of ether oxygens (including phenoxy) is 2. The summed E-state index contributed by atoms with van der Waals surface area (Å²) in [6, 6.07) is 14.1. The summed E-state index contributed by atoms with van der Waals surface area (Å²) >= 11 is 0. The summed E-state index contributed by atoms with van der Waals surface area (Å²) in [7, 11) is 0. The molecule has 0 aliphatic rings. The van der Waals surface area contributed by atoms with Gasteiger partial charge in [-0.3, -0.25) is 28.8 Å². The largest absolute Gasteiger partial charge is 0.458 e. The second-order valence-electron chi connectivity index (χ2n) is 19.7. The maximum atomic E-state index is 13.8. The molecule has 0 aromatic heterocycles. The van der Waals surface area contributed by atoms with Gasteiger partial charge in [0.1, 0.15) is 44.9 Å². The number of rotatable bonds is 16. The fraction of sp³-hybridized carbons (Fsp3) is 0.556. The number of carbonyl (C=O) groups excluding carboxylic acids is 8. The highest BCUT2D eigenvalue weighted by molar-refractivity contribution is 6.09. The van der Waals surface area contributed by atoms with Gasteiger partial charge in [0.05, 0.1) is 0 Å². The molecule has 2 aromatic carbocycles. The van der Waals surface area contributed by atoms with Crippen LogP contribution >= 0.6 is 0 Å². The Morgan fingerprint density at radius 1 is 0.459 bits per heavy atom. The zero-order chi connectivity index (χ0) is 47.2. The summed E-state index contributed by atoms with van der Waals surface area (Å²) < 4.78 is 10.8. The van der Waals surface area contributed by atoms with E-state index in [9.17, 15) is 38.4 Å². The first kappa shape index (κ1) is 51.3. The van der Waals surface area contributed by atoms with Crippen molar-refractivity contribution in [3.63, 3.8) is 0 Å². The Labute approximate surface area is 359 Å². The lowest BCUT2D eigenvalue weighted by Crippen LogP contribution is -2.68.